The number of benzene rings is 4. The number of thiocarbonyl (C=S) groups is 1. The van der Waals surface area contributed by atoms with Crippen LogP contribution in [0.2, 0.25) is 5.02 Å². The second-order valence-electron chi connectivity index (χ2n) is 8.88. The van der Waals surface area contributed by atoms with Crippen LogP contribution in [0.4, 0.5) is 0 Å². The Kier molecular flexibility index (Phi) is 6.72. The zero-order valence-corrected chi connectivity index (χ0v) is 21.4. The summed E-state index contributed by atoms with van der Waals surface area (Å²) in [5, 5.41) is 8.30. The van der Waals surface area contributed by atoms with Crippen molar-refractivity contribution >= 4 is 56.7 Å². The Balaban J connectivity index is 1.22. The Hall–Kier alpha value is -3.74. The number of oxazole rings is 1. The molecule has 0 atom stereocenters. The number of halogens is 1. The van der Waals surface area contributed by atoms with Crippen LogP contribution in [0.25, 0.3) is 33.3 Å². The van der Waals surface area contributed by atoms with Crippen LogP contribution in [-0.4, -0.2) is 16.0 Å². The van der Waals surface area contributed by atoms with Crippen LogP contribution in [-0.2, 0) is 6.54 Å². The van der Waals surface area contributed by atoms with Crippen molar-refractivity contribution < 1.29 is 9.21 Å². The summed E-state index contributed by atoms with van der Waals surface area (Å²) in [6, 6.07) is 25.0. The van der Waals surface area contributed by atoms with Gasteiger partial charge in [0.15, 0.2) is 10.7 Å². The van der Waals surface area contributed by atoms with Gasteiger partial charge in [0.05, 0.1) is 0 Å². The summed E-state index contributed by atoms with van der Waals surface area (Å²) in [4.78, 5) is 17.5. The molecule has 5 rings (SSSR count). The summed E-state index contributed by atoms with van der Waals surface area (Å²) in [7, 11) is 0. The quantitative estimate of drug-likeness (QED) is 0.243. The molecule has 0 spiro atoms. The molecular formula is C29H24ClN3O2S. The largest absolute Gasteiger partial charge is 0.436 e. The number of nitrogens with one attached hydrogen (secondary N) is 2. The van der Waals surface area contributed by atoms with Gasteiger partial charge in [-0.3, -0.25) is 10.1 Å². The van der Waals surface area contributed by atoms with Crippen LogP contribution in [0.1, 0.15) is 41.3 Å². The van der Waals surface area contributed by atoms with Crippen LogP contribution in [0, 0.1) is 0 Å². The first-order chi connectivity index (χ1) is 17.4. The number of nitrogens with zero attached hydrogens (tertiary/aromatic N) is 1. The molecule has 0 fully saturated rings. The number of carbonyl (C=O) groups excluding carboxylic acids is 1. The number of aromatic nitrogens is 1. The molecule has 0 saturated carbocycles. The fraction of sp³-hybridized carbons (Fsp3) is 0.138. The Morgan fingerprint density at radius 2 is 1.75 bits per heavy atom. The Bertz CT molecular complexity index is 1590. The molecule has 1 amide bonds. The van der Waals surface area contributed by atoms with Gasteiger partial charge in [-0.05, 0) is 71.0 Å². The first kappa shape index (κ1) is 24.0. The maximum atomic E-state index is 12.8. The lowest BCUT2D eigenvalue weighted by Crippen LogP contribution is -2.38. The molecule has 180 valence electrons. The van der Waals surface area contributed by atoms with E-state index in [0.717, 1.165) is 33.0 Å². The molecular weight excluding hydrogens is 490 g/mol. The Morgan fingerprint density at radius 3 is 2.53 bits per heavy atom. The minimum absolute atomic E-state index is 0.253. The minimum Gasteiger partial charge on any atom is -0.436 e. The van der Waals surface area contributed by atoms with Crippen molar-refractivity contribution in [3.8, 4) is 11.5 Å². The Labute approximate surface area is 219 Å². The van der Waals surface area contributed by atoms with Gasteiger partial charge in [0.25, 0.3) is 5.91 Å². The average molecular weight is 514 g/mol. The van der Waals surface area contributed by atoms with Crippen molar-refractivity contribution in [2.45, 2.75) is 26.3 Å². The van der Waals surface area contributed by atoms with E-state index in [0.29, 0.717) is 28.9 Å². The van der Waals surface area contributed by atoms with Gasteiger partial charge in [-0.15, -0.1) is 0 Å². The monoisotopic (exact) mass is 513 g/mol. The van der Waals surface area contributed by atoms with E-state index in [1.165, 1.54) is 5.56 Å². The summed E-state index contributed by atoms with van der Waals surface area (Å²) >= 11 is 11.6. The van der Waals surface area contributed by atoms with Gasteiger partial charge in [0.1, 0.15) is 5.52 Å². The van der Waals surface area contributed by atoms with Crippen molar-refractivity contribution in [3.05, 3.63) is 101 Å². The molecule has 1 heterocycles. The summed E-state index contributed by atoms with van der Waals surface area (Å²) < 4.78 is 5.95. The van der Waals surface area contributed by atoms with Gasteiger partial charge < -0.3 is 9.73 Å². The predicted molar refractivity (Wildman–Crippen MR) is 149 cm³/mol. The minimum atomic E-state index is -0.285. The maximum Gasteiger partial charge on any atom is 0.258 e. The lowest BCUT2D eigenvalue weighted by atomic mass is 10.0. The van der Waals surface area contributed by atoms with Crippen molar-refractivity contribution in [2.75, 3.05) is 0 Å². The SMILES string of the molecule is CC(C)c1ccc2oc(-c3ccc(CNC(=S)NC(=O)c4cccc5c(Cl)cccc45)cc3)nc2c1. The van der Waals surface area contributed by atoms with Gasteiger partial charge in [-0.25, -0.2) is 4.98 Å². The third-order valence-electron chi connectivity index (χ3n) is 6.07. The van der Waals surface area contributed by atoms with Crippen molar-refractivity contribution in [1.29, 1.82) is 0 Å². The Morgan fingerprint density at radius 1 is 1.00 bits per heavy atom. The zero-order valence-electron chi connectivity index (χ0n) is 19.8. The molecule has 36 heavy (non-hydrogen) atoms. The van der Waals surface area contributed by atoms with E-state index in [4.69, 9.17) is 28.2 Å². The highest BCUT2D eigenvalue weighted by atomic mass is 35.5. The van der Waals surface area contributed by atoms with Gasteiger partial charge in [0, 0.05) is 28.1 Å². The fourth-order valence-corrected chi connectivity index (χ4v) is 4.46. The topological polar surface area (TPSA) is 67.2 Å². The molecule has 0 saturated heterocycles. The number of rotatable bonds is 5. The maximum absolute atomic E-state index is 12.8. The smallest absolute Gasteiger partial charge is 0.258 e. The molecule has 0 aliphatic heterocycles. The van der Waals surface area contributed by atoms with Gasteiger partial charge in [-0.2, -0.15) is 0 Å². The van der Waals surface area contributed by atoms with E-state index in [9.17, 15) is 4.79 Å². The number of hydrogen-bond acceptors (Lipinski definition) is 4. The third-order valence-corrected chi connectivity index (χ3v) is 6.65. The van der Waals surface area contributed by atoms with E-state index in [-0.39, 0.29) is 11.0 Å². The number of hydrogen-bond donors (Lipinski definition) is 2. The van der Waals surface area contributed by atoms with Gasteiger partial charge in [0.2, 0.25) is 5.89 Å². The second kappa shape index (κ2) is 10.1. The molecule has 0 unspecified atom stereocenters. The van der Waals surface area contributed by atoms with Gasteiger partial charge >= 0.3 is 0 Å². The van der Waals surface area contributed by atoms with Crippen LogP contribution in [0.15, 0.2) is 83.3 Å². The highest BCUT2D eigenvalue weighted by Crippen LogP contribution is 2.28. The lowest BCUT2D eigenvalue weighted by molar-refractivity contribution is 0.0978. The summed E-state index contributed by atoms with van der Waals surface area (Å²) in [6.45, 7) is 4.78. The zero-order chi connectivity index (χ0) is 25.2. The highest BCUT2D eigenvalue weighted by molar-refractivity contribution is 7.80. The third kappa shape index (κ3) is 4.96. The fourth-order valence-electron chi connectivity index (χ4n) is 4.06. The van der Waals surface area contributed by atoms with E-state index < -0.39 is 0 Å². The van der Waals surface area contributed by atoms with E-state index >= 15 is 0 Å². The predicted octanol–water partition coefficient (Wildman–Crippen LogP) is 7.23. The lowest BCUT2D eigenvalue weighted by Gasteiger charge is -2.11. The number of carbonyl (C=O) groups is 1. The molecule has 0 aliphatic rings. The van der Waals surface area contributed by atoms with Crippen LogP contribution in [0.3, 0.4) is 0 Å². The van der Waals surface area contributed by atoms with Crippen molar-refractivity contribution in [3.63, 3.8) is 0 Å². The summed E-state index contributed by atoms with van der Waals surface area (Å²) in [5.74, 6) is 0.735. The average Bonchev–Trinajstić information content (AvgIpc) is 3.31. The standard InChI is InChI=1S/C29H24ClN3O2S/c1-17(2)20-13-14-26-25(15-20)32-28(35-26)19-11-9-18(10-12-19)16-31-29(36)33-27(34)23-7-3-6-22-21(23)5-4-8-24(22)30/h3-15,17H,16H2,1-2H3,(H2,31,33,34,36). The van der Waals surface area contributed by atoms with Crippen LogP contribution < -0.4 is 10.6 Å². The second-order valence-corrected chi connectivity index (χ2v) is 9.69. The highest BCUT2D eigenvalue weighted by Gasteiger charge is 2.13. The molecule has 5 nitrogen and oxygen atoms in total. The van der Waals surface area contributed by atoms with Crippen LogP contribution >= 0.6 is 23.8 Å². The van der Waals surface area contributed by atoms with E-state index in [1.807, 2.05) is 48.5 Å². The van der Waals surface area contributed by atoms with Crippen molar-refractivity contribution in [2.24, 2.45) is 0 Å². The molecule has 0 radical (unpaired) electrons. The first-order valence-electron chi connectivity index (χ1n) is 11.7. The molecule has 1 aromatic heterocycles. The molecule has 5 aromatic rings. The van der Waals surface area contributed by atoms with E-state index in [2.05, 4.69) is 41.6 Å². The van der Waals surface area contributed by atoms with E-state index in [1.54, 1.807) is 18.2 Å². The van der Waals surface area contributed by atoms with Crippen molar-refractivity contribution in [1.82, 2.24) is 15.6 Å². The normalized spacial score (nSPS) is 11.2. The number of amides is 1. The van der Waals surface area contributed by atoms with Crippen LogP contribution in [0.5, 0.6) is 0 Å². The molecule has 4 aromatic carbocycles. The summed E-state index contributed by atoms with van der Waals surface area (Å²) in [5.41, 5.74) is 5.28. The molecule has 7 heteroatoms. The number of fused-ring (bicyclic) bond motifs is 2. The molecule has 2 N–H and O–H groups in total. The summed E-state index contributed by atoms with van der Waals surface area (Å²) in [6.07, 6.45) is 0. The van der Waals surface area contributed by atoms with Gasteiger partial charge in [-0.1, -0.05) is 67.9 Å². The molecule has 0 bridgehead atoms. The first-order valence-corrected chi connectivity index (χ1v) is 12.4. The molecule has 0 aliphatic carbocycles.